The Bertz CT molecular complexity index is 1090. The van der Waals surface area contributed by atoms with Crippen LogP contribution in [-0.4, -0.2) is 56.5 Å². The molecule has 1 saturated carbocycles. The highest BCUT2D eigenvalue weighted by atomic mass is 32.2. The molecular formula is C23H28N4O4S. The van der Waals surface area contributed by atoms with Gasteiger partial charge in [0.25, 0.3) is 0 Å². The molecule has 2 aromatic rings. The van der Waals surface area contributed by atoms with Crippen LogP contribution < -0.4 is 15.5 Å². The molecule has 1 heterocycles. The average Bonchev–Trinajstić information content (AvgIpc) is 3.60. The van der Waals surface area contributed by atoms with E-state index < -0.39 is 21.7 Å². The molecule has 2 amide bonds. The van der Waals surface area contributed by atoms with Gasteiger partial charge in [0.2, 0.25) is 21.8 Å². The number of piperazine rings is 1. The van der Waals surface area contributed by atoms with Crippen molar-refractivity contribution in [2.24, 2.45) is 5.92 Å². The number of hydrogen-bond donors (Lipinski definition) is 2. The summed E-state index contributed by atoms with van der Waals surface area (Å²) in [6.45, 7) is 3.88. The Labute approximate surface area is 188 Å². The highest BCUT2D eigenvalue weighted by molar-refractivity contribution is 7.89. The Hall–Kier alpha value is -2.91. The number of amides is 2. The molecule has 4 rings (SSSR count). The molecule has 0 bridgehead atoms. The number of benzene rings is 2. The first-order valence-electron chi connectivity index (χ1n) is 10.8. The third-order valence-electron chi connectivity index (χ3n) is 5.70. The Balaban J connectivity index is 1.27. The minimum Gasteiger partial charge on any atom is -0.369 e. The molecule has 9 heteroatoms. The van der Waals surface area contributed by atoms with Crippen molar-refractivity contribution in [2.75, 3.05) is 47.5 Å². The van der Waals surface area contributed by atoms with Crippen LogP contribution in [-0.2, 0) is 19.6 Å². The zero-order valence-corrected chi connectivity index (χ0v) is 18.9. The summed E-state index contributed by atoms with van der Waals surface area (Å²) >= 11 is 0. The van der Waals surface area contributed by atoms with Crippen molar-refractivity contribution in [3.8, 4) is 0 Å². The van der Waals surface area contributed by atoms with Gasteiger partial charge in [-0.1, -0.05) is 12.1 Å². The quantitative estimate of drug-likeness (QED) is 0.667. The minimum absolute atomic E-state index is 0.00961. The van der Waals surface area contributed by atoms with Crippen LogP contribution >= 0.6 is 0 Å². The highest BCUT2D eigenvalue weighted by Crippen LogP contribution is 2.30. The van der Waals surface area contributed by atoms with Gasteiger partial charge >= 0.3 is 0 Å². The van der Waals surface area contributed by atoms with Crippen LogP contribution in [0.15, 0.2) is 48.5 Å². The Kier molecular flexibility index (Phi) is 6.48. The second-order valence-corrected chi connectivity index (χ2v) is 10.3. The maximum Gasteiger partial charge on any atom is 0.241 e. The third-order valence-corrected chi connectivity index (χ3v) is 7.48. The number of rotatable bonds is 7. The lowest BCUT2D eigenvalue weighted by Gasteiger charge is -2.35. The second kappa shape index (κ2) is 9.30. The van der Waals surface area contributed by atoms with E-state index in [9.17, 15) is 18.0 Å². The normalized spacial score (nSPS) is 17.1. The van der Waals surface area contributed by atoms with Gasteiger partial charge in [0.15, 0.2) is 0 Å². The summed E-state index contributed by atoms with van der Waals surface area (Å²) in [4.78, 5) is 26.3. The number of nitrogens with zero attached hydrogens (tertiary/aromatic N) is 2. The molecule has 1 aliphatic carbocycles. The molecule has 0 atom stereocenters. The van der Waals surface area contributed by atoms with Crippen LogP contribution in [0.5, 0.6) is 0 Å². The maximum atomic E-state index is 12.7. The van der Waals surface area contributed by atoms with Gasteiger partial charge in [-0.2, -0.15) is 4.31 Å². The van der Waals surface area contributed by atoms with Gasteiger partial charge < -0.3 is 15.5 Å². The zero-order valence-electron chi connectivity index (χ0n) is 18.1. The van der Waals surface area contributed by atoms with Crippen LogP contribution in [0.1, 0.15) is 18.4 Å². The summed E-state index contributed by atoms with van der Waals surface area (Å²) in [5, 5.41) is 5.45. The molecule has 170 valence electrons. The fourth-order valence-corrected chi connectivity index (χ4v) is 5.04. The molecule has 2 N–H and O–H groups in total. The molecule has 2 aliphatic rings. The lowest BCUT2D eigenvalue weighted by molar-refractivity contribution is -0.117. The summed E-state index contributed by atoms with van der Waals surface area (Å²) in [6, 6.07) is 14.8. The first-order chi connectivity index (χ1) is 15.3. The van der Waals surface area contributed by atoms with Gasteiger partial charge in [-0.15, -0.1) is 0 Å². The monoisotopic (exact) mass is 456 g/mol. The van der Waals surface area contributed by atoms with E-state index in [0.717, 1.165) is 24.1 Å². The van der Waals surface area contributed by atoms with Gasteiger partial charge in [-0.25, -0.2) is 8.42 Å². The molecule has 1 aliphatic heterocycles. The fourth-order valence-electron chi connectivity index (χ4n) is 3.73. The lowest BCUT2D eigenvalue weighted by Crippen LogP contribution is -2.50. The van der Waals surface area contributed by atoms with Gasteiger partial charge in [0.1, 0.15) is 5.75 Å². The van der Waals surface area contributed by atoms with Crippen LogP contribution in [0.2, 0.25) is 0 Å². The molecule has 0 aromatic heterocycles. The van der Waals surface area contributed by atoms with Gasteiger partial charge in [0, 0.05) is 49.2 Å². The largest absolute Gasteiger partial charge is 0.369 e. The van der Waals surface area contributed by atoms with Crippen molar-refractivity contribution < 1.29 is 18.0 Å². The molecule has 0 radical (unpaired) electrons. The van der Waals surface area contributed by atoms with E-state index in [1.807, 2.05) is 25.1 Å². The fraction of sp³-hybridized carbons (Fsp3) is 0.391. The van der Waals surface area contributed by atoms with E-state index in [2.05, 4.69) is 21.6 Å². The average molecular weight is 457 g/mol. The molecule has 0 unspecified atom stereocenters. The molecular weight excluding hydrogens is 428 g/mol. The van der Waals surface area contributed by atoms with Crippen LogP contribution in [0, 0.1) is 12.8 Å². The topological polar surface area (TPSA) is 98.8 Å². The zero-order chi connectivity index (χ0) is 22.7. The summed E-state index contributed by atoms with van der Waals surface area (Å²) in [5.74, 6) is -1.06. The smallest absolute Gasteiger partial charge is 0.241 e. The number of nitrogens with one attached hydrogen (secondary N) is 2. The maximum absolute atomic E-state index is 12.7. The first kappa shape index (κ1) is 22.3. The number of aryl methyl sites for hydroxylation is 1. The van der Waals surface area contributed by atoms with Crippen molar-refractivity contribution in [1.29, 1.82) is 0 Å². The highest BCUT2D eigenvalue weighted by Gasteiger charge is 2.30. The van der Waals surface area contributed by atoms with E-state index in [-0.39, 0.29) is 11.8 Å². The number of sulfonamides is 1. The number of anilines is 3. The van der Waals surface area contributed by atoms with Crippen LogP contribution in [0.3, 0.4) is 0 Å². The van der Waals surface area contributed by atoms with Gasteiger partial charge in [0.05, 0.1) is 0 Å². The molecule has 32 heavy (non-hydrogen) atoms. The molecule has 0 spiro atoms. The molecule has 2 aromatic carbocycles. The van der Waals surface area contributed by atoms with E-state index >= 15 is 0 Å². The SMILES string of the molecule is Cc1cccc(N2CCN(S(=O)(=O)CC(=O)Nc3ccc(NC(=O)C4CC4)cc3)CC2)c1. The first-order valence-corrected chi connectivity index (χ1v) is 12.4. The second-order valence-electron chi connectivity index (χ2n) is 8.37. The Morgan fingerprint density at radius 2 is 1.56 bits per heavy atom. The van der Waals surface area contributed by atoms with Crippen molar-refractivity contribution in [2.45, 2.75) is 19.8 Å². The predicted molar refractivity (Wildman–Crippen MR) is 125 cm³/mol. The summed E-state index contributed by atoms with van der Waals surface area (Å²) in [6.07, 6.45) is 1.85. The number of carbonyl (C=O) groups excluding carboxylic acids is 2. The summed E-state index contributed by atoms with van der Waals surface area (Å²) < 4.78 is 26.8. The molecule has 8 nitrogen and oxygen atoms in total. The van der Waals surface area contributed by atoms with E-state index in [1.54, 1.807) is 24.3 Å². The standard InChI is InChI=1S/C23H28N4O4S/c1-17-3-2-4-21(15-17)26-11-13-27(14-12-26)32(30,31)16-22(28)24-19-7-9-20(10-8-19)25-23(29)18-5-6-18/h2-4,7-10,15,18H,5-6,11-14,16H2,1H3,(H,24,28)(H,25,29). The van der Waals surface area contributed by atoms with Crippen molar-refractivity contribution in [1.82, 2.24) is 4.31 Å². The van der Waals surface area contributed by atoms with Crippen molar-refractivity contribution >= 4 is 38.9 Å². The number of carbonyl (C=O) groups is 2. The van der Waals surface area contributed by atoms with Crippen molar-refractivity contribution in [3.63, 3.8) is 0 Å². The van der Waals surface area contributed by atoms with E-state index in [4.69, 9.17) is 0 Å². The molecule has 2 fully saturated rings. The van der Waals surface area contributed by atoms with Crippen LogP contribution in [0.4, 0.5) is 17.1 Å². The van der Waals surface area contributed by atoms with Gasteiger partial charge in [-0.05, 0) is 61.7 Å². The Morgan fingerprint density at radius 1 is 0.938 bits per heavy atom. The summed E-state index contributed by atoms with van der Waals surface area (Å²) in [5.41, 5.74) is 3.38. The van der Waals surface area contributed by atoms with Crippen molar-refractivity contribution in [3.05, 3.63) is 54.1 Å². The molecule has 1 saturated heterocycles. The predicted octanol–water partition coefficient (Wildman–Crippen LogP) is 2.43. The lowest BCUT2D eigenvalue weighted by atomic mass is 10.2. The number of hydrogen-bond acceptors (Lipinski definition) is 5. The van der Waals surface area contributed by atoms with E-state index in [0.29, 0.717) is 37.6 Å². The third kappa shape index (κ3) is 5.66. The van der Waals surface area contributed by atoms with E-state index in [1.165, 1.54) is 4.31 Å². The van der Waals surface area contributed by atoms with Gasteiger partial charge in [-0.3, -0.25) is 9.59 Å². The summed E-state index contributed by atoms with van der Waals surface area (Å²) in [7, 11) is -3.71. The van der Waals surface area contributed by atoms with Crippen LogP contribution in [0.25, 0.3) is 0 Å². The Morgan fingerprint density at radius 3 is 2.16 bits per heavy atom. The minimum atomic E-state index is -3.71.